The van der Waals surface area contributed by atoms with Crippen molar-refractivity contribution in [1.29, 1.82) is 0 Å². The standard InChI is InChI=1S/2C12H8.H2S/c2*1-2-6-10-9(5-1)11-7-3-4-8-12(10)11;/h2*1-8H;1H2. The van der Waals surface area contributed by atoms with Gasteiger partial charge in [0.25, 0.3) is 0 Å². The highest BCUT2D eigenvalue weighted by Gasteiger charge is 2.20. The fraction of sp³-hybridized carbons (Fsp3) is 0. The van der Waals surface area contributed by atoms with Crippen LogP contribution in [0.2, 0.25) is 0 Å². The molecule has 0 heterocycles. The van der Waals surface area contributed by atoms with E-state index in [1.807, 2.05) is 0 Å². The topological polar surface area (TPSA) is 0 Å². The molecule has 0 unspecified atom stereocenters. The Labute approximate surface area is 155 Å². The van der Waals surface area contributed by atoms with Crippen LogP contribution in [0.15, 0.2) is 97.1 Å². The van der Waals surface area contributed by atoms with E-state index < -0.39 is 0 Å². The molecule has 0 bridgehead atoms. The molecule has 0 N–H and O–H groups in total. The van der Waals surface area contributed by atoms with Crippen LogP contribution in [0.25, 0.3) is 44.5 Å². The van der Waals surface area contributed by atoms with E-state index in [0.29, 0.717) is 0 Å². The summed E-state index contributed by atoms with van der Waals surface area (Å²) in [5, 5.41) is 0. The maximum absolute atomic E-state index is 2.18. The van der Waals surface area contributed by atoms with Crippen LogP contribution >= 0.6 is 13.5 Å². The summed E-state index contributed by atoms with van der Waals surface area (Å²) in [5.74, 6) is 0. The van der Waals surface area contributed by atoms with Crippen molar-refractivity contribution in [3.8, 4) is 44.5 Å². The average molecular weight is 338 g/mol. The molecule has 0 nitrogen and oxygen atoms in total. The van der Waals surface area contributed by atoms with Gasteiger partial charge in [0.1, 0.15) is 0 Å². The van der Waals surface area contributed by atoms with Crippen molar-refractivity contribution in [2.75, 3.05) is 0 Å². The third-order valence-corrected chi connectivity index (χ3v) is 4.87. The van der Waals surface area contributed by atoms with Gasteiger partial charge in [-0.1, -0.05) is 97.1 Å². The molecular weight excluding hydrogens is 320 g/mol. The van der Waals surface area contributed by atoms with Crippen LogP contribution in [0.4, 0.5) is 0 Å². The van der Waals surface area contributed by atoms with Crippen LogP contribution in [0.3, 0.4) is 0 Å². The zero-order valence-electron chi connectivity index (χ0n) is 13.7. The lowest BCUT2D eigenvalue weighted by atomic mass is 9.81. The Kier molecular flexibility index (Phi) is 3.95. The first-order valence-corrected chi connectivity index (χ1v) is 8.31. The highest BCUT2D eigenvalue weighted by molar-refractivity contribution is 7.59. The first kappa shape index (κ1) is 15.7. The van der Waals surface area contributed by atoms with Gasteiger partial charge in [-0.3, -0.25) is 0 Å². The van der Waals surface area contributed by atoms with Crippen molar-refractivity contribution in [3.63, 3.8) is 0 Å². The summed E-state index contributed by atoms with van der Waals surface area (Å²) in [5.41, 5.74) is 11.2. The predicted molar refractivity (Wildman–Crippen MR) is 112 cm³/mol. The Hall–Kier alpha value is -2.77. The largest absolute Gasteiger partial charge is 0.197 e. The highest BCUT2D eigenvalue weighted by Crippen LogP contribution is 2.46. The normalized spacial score (nSPS) is 10.9. The third-order valence-electron chi connectivity index (χ3n) is 4.87. The second kappa shape index (κ2) is 6.27. The van der Waals surface area contributed by atoms with E-state index in [4.69, 9.17) is 0 Å². The number of hydrogen-bond acceptors (Lipinski definition) is 0. The molecule has 0 amide bonds. The van der Waals surface area contributed by atoms with Crippen LogP contribution < -0.4 is 0 Å². The van der Waals surface area contributed by atoms with E-state index in [1.165, 1.54) is 44.5 Å². The van der Waals surface area contributed by atoms with Crippen LogP contribution in [0.1, 0.15) is 0 Å². The Morgan fingerprint density at radius 2 is 0.360 bits per heavy atom. The minimum absolute atomic E-state index is 0. The van der Waals surface area contributed by atoms with E-state index >= 15 is 0 Å². The summed E-state index contributed by atoms with van der Waals surface area (Å²) in [6.07, 6.45) is 0. The quantitative estimate of drug-likeness (QED) is 0.286. The van der Waals surface area contributed by atoms with E-state index in [0.717, 1.165) is 0 Å². The lowest BCUT2D eigenvalue weighted by Crippen LogP contribution is -1.96. The first-order valence-electron chi connectivity index (χ1n) is 8.31. The molecular formula is C24H18S. The van der Waals surface area contributed by atoms with E-state index in [9.17, 15) is 0 Å². The van der Waals surface area contributed by atoms with E-state index in [-0.39, 0.29) is 13.5 Å². The predicted octanol–water partition coefficient (Wildman–Crippen LogP) is 6.78. The molecule has 0 atom stereocenters. The van der Waals surface area contributed by atoms with Crippen molar-refractivity contribution >= 4 is 13.5 Å². The van der Waals surface area contributed by atoms with E-state index in [2.05, 4.69) is 97.1 Å². The van der Waals surface area contributed by atoms with Crippen molar-refractivity contribution in [2.45, 2.75) is 0 Å². The van der Waals surface area contributed by atoms with Gasteiger partial charge in [0.15, 0.2) is 0 Å². The molecule has 0 saturated carbocycles. The van der Waals surface area contributed by atoms with Gasteiger partial charge in [-0.05, 0) is 44.5 Å². The van der Waals surface area contributed by atoms with Gasteiger partial charge in [0.2, 0.25) is 0 Å². The highest BCUT2D eigenvalue weighted by atomic mass is 32.1. The van der Waals surface area contributed by atoms with Crippen molar-refractivity contribution in [3.05, 3.63) is 97.1 Å². The Morgan fingerprint density at radius 1 is 0.240 bits per heavy atom. The Balaban J connectivity index is 0.000000121. The Morgan fingerprint density at radius 3 is 0.480 bits per heavy atom. The molecule has 6 rings (SSSR count). The molecule has 4 aromatic rings. The van der Waals surface area contributed by atoms with Gasteiger partial charge in [-0.15, -0.1) is 0 Å². The number of fused-ring (bicyclic) bond motifs is 8. The second-order valence-corrected chi connectivity index (χ2v) is 6.18. The number of rotatable bonds is 0. The van der Waals surface area contributed by atoms with Gasteiger partial charge in [0, 0.05) is 0 Å². The molecule has 0 saturated heterocycles. The molecule has 0 radical (unpaired) electrons. The lowest BCUT2D eigenvalue weighted by Gasteiger charge is -2.22. The summed E-state index contributed by atoms with van der Waals surface area (Å²) < 4.78 is 0. The zero-order chi connectivity index (χ0) is 15.9. The van der Waals surface area contributed by atoms with Gasteiger partial charge >= 0.3 is 0 Å². The van der Waals surface area contributed by atoms with Crippen molar-refractivity contribution < 1.29 is 0 Å². The first-order chi connectivity index (χ1) is 11.9. The van der Waals surface area contributed by atoms with Gasteiger partial charge in [0.05, 0.1) is 0 Å². The summed E-state index contributed by atoms with van der Waals surface area (Å²) in [6.45, 7) is 0. The fourth-order valence-electron chi connectivity index (χ4n) is 3.69. The van der Waals surface area contributed by atoms with E-state index in [1.54, 1.807) is 0 Å². The monoisotopic (exact) mass is 338 g/mol. The minimum Gasteiger partial charge on any atom is -0.197 e. The lowest BCUT2D eigenvalue weighted by molar-refractivity contribution is 1.52. The van der Waals surface area contributed by atoms with Gasteiger partial charge in [-0.25, -0.2) is 0 Å². The Bertz CT molecular complexity index is 776. The maximum atomic E-state index is 2.18. The average Bonchev–Trinajstić information content (AvgIpc) is 2.64. The van der Waals surface area contributed by atoms with Crippen LogP contribution in [0.5, 0.6) is 0 Å². The van der Waals surface area contributed by atoms with Gasteiger partial charge in [-0.2, -0.15) is 13.5 Å². The summed E-state index contributed by atoms with van der Waals surface area (Å²) in [6, 6.07) is 34.2. The minimum atomic E-state index is 0. The third kappa shape index (κ3) is 2.40. The zero-order valence-corrected chi connectivity index (χ0v) is 14.7. The molecule has 25 heavy (non-hydrogen) atoms. The molecule has 4 aromatic carbocycles. The van der Waals surface area contributed by atoms with Crippen LogP contribution in [-0.2, 0) is 0 Å². The van der Waals surface area contributed by atoms with Crippen molar-refractivity contribution in [2.24, 2.45) is 0 Å². The number of hydrogen-bond donors (Lipinski definition) is 0. The van der Waals surface area contributed by atoms with Crippen molar-refractivity contribution in [1.82, 2.24) is 0 Å². The molecule has 120 valence electrons. The number of benzene rings is 4. The molecule has 0 aromatic heterocycles. The summed E-state index contributed by atoms with van der Waals surface area (Å²) >= 11 is 0. The second-order valence-electron chi connectivity index (χ2n) is 6.18. The molecule has 0 aliphatic heterocycles. The summed E-state index contributed by atoms with van der Waals surface area (Å²) in [4.78, 5) is 0. The smallest absolute Gasteiger partial charge is 0.00990 e. The fourth-order valence-corrected chi connectivity index (χ4v) is 3.69. The SMILES string of the molecule is S.c1ccc2c(c1)-c1ccccc1-2.c1ccc2c(c1)-c1ccccc1-2. The molecule has 2 aliphatic rings. The molecule has 0 spiro atoms. The maximum Gasteiger partial charge on any atom is -0.00990 e. The molecule has 1 heteroatoms. The van der Waals surface area contributed by atoms with Crippen LogP contribution in [-0.4, -0.2) is 0 Å². The summed E-state index contributed by atoms with van der Waals surface area (Å²) in [7, 11) is 0. The van der Waals surface area contributed by atoms with Crippen LogP contribution in [0, 0.1) is 0 Å². The molecule has 0 fully saturated rings. The van der Waals surface area contributed by atoms with Gasteiger partial charge < -0.3 is 0 Å². The molecule has 2 aliphatic carbocycles.